The predicted octanol–water partition coefficient (Wildman–Crippen LogP) is 3.65. The van der Waals surface area contributed by atoms with Gasteiger partial charge in [-0.2, -0.15) is 5.26 Å². The van der Waals surface area contributed by atoms with Crippen molar-refractivity contribution in [2.24, 2.45) is 5.92 Å². The summed E-state index contributed by atoms with van der Waals surface area (Å²) in [5, 5.41) is 12.7. The molecule has 6 nitrogen and oxygen atoms in total. The molecule has 1 fully saturated rings. The lowest BCUT2D eigenvalue weighted by Gasteiger charge is -2.22. The molecule has 146 valence electrons. The number of carbonyl (C=O) groups excluding carboxylic acids is 2. The number of nitrogens with one attached hydrogen (secondary N) is 1. The van der Waals surface area contributed by atoms with Crippen LogP contribution in [0.2, 0.25) is 0 Å². The SMILES string of the molecule is CCc1ccc(-c2nc(C)c(C(=O)OCC(=O)N[C@](C)(C#N)C3CC3)s2)cc1. The van der Waals surface area contributed by atoms with E-state index in [1.165, 1.54) is 16.9 Å². The summed E-state index contributed by atoms with van der Waals surface area (Å²) >= 11 is 1.25. The molecule has 7 heteroatoms. The average Bonchev–Trinajstić information content (AvgIpc) is 3.49. The molecule has 1 aromatic carbocycles. The molecule has 3 rings (SSSR count). The largest absolute Gasteiger partial charge is 0.451 e. The van der Waals surface area contributed by atoms with Crippen molar-refractivity contribution in [2.75, 3.05) is 6.61 Å². The average molecular weight is 398 g/mol. The number of nitrogens with zero attached hydrogens (tertiary/aromatic N) is 2. The van der Waals surface area contributed by atoms with E-state index in [1.54, 1.807) is 13.8 Å². The fourth-order valence-corrected chi connectivity index (χ4v) is 3.96. The van der Waals surface area contributed by atoms with Crippen molar-refractivity contribution in [3.8, 4) is 16.6 Å². The first-order chi connectivity index (χ1) is 13.4. The highest BCUT2D eigenvalue weighted by atomic mass is 32.1. The van der Waals surface area contributed by atoms with Gasteiger partial charge in [-0.05, 0) is 44.6 Å². The Labute approximate surface area is 168 Å². The van der Waals surface area contributed by atoms with Crippen LogP contribution in [0.15, 0.2) is 24.3 Å². The fourth-order valence-electron chi connectivity index (χ4n) is 3.00. The standard InChI is InChI=1S/C21H23N3O3S/c1-4-14-5-7-15(8-6-14)19-23-13(2)18(28-19)20(26)27-11-17(25)24-21(3,12-22)16-9-10-16/h5-8,16H,4,9-11H2,1-3H3,(H,24,25)/t21-/m1/s1. The Bertz CT molecular complexity index is 925. The van der Waals surface area contributed by atoms with E-state index < -0.39 is 24.0 Å². The zero-order valence-corrected chi connectivity index (χ0v) is 17.1. The first-order valence-corrected chi connectivity index (χ1v) is 10.1. The quantitative estimate of drug-likeness (QED) is 0.720. The van der Waals surface area contributed by atoms with Gasteiger partial charge in [0.05, 0.1) is 11.8 Å². The van der Waals surface area contributed by atoms with E-state index in [0.717, 1.165) is 29.8 Å². The summed E-state index contributed by atoms with van der Waals surface area (Å²) < 4.78 is 5.16. The normalized spacial score (nSPS) is 15.4. The third kappa shape index (κ3) is 4.39. The van der Waals surface area contributed by atoms with Crippen LogP contribution in [0.25, 0.3) is 10.6 Å². The summed E-state index contributed by atoms with van der Waals surface area (Å²) in [6, 6.07) is 10.2. The number of hydrogen-bond acceptors (Lipinski definition) is 6. The number of nitriles is 1. The first kappa shape index (κ1) is 20.0. The van der Waals surface area contributed by atoms with Crippen molar-refractivity contribution >= 4 is 23.2 Å². The molecule has 1 N–H and O–H groups in total. The minimum atomic E-state index is -0.901. The number of carbonyl (C=O) groups is 2. The predicted molar refractivity (Wildman–Crippen MR) is 107 cm³/mol. The molecular formula is C21H23N3O3S. The van der Waals surface area contributed by atoms with Crippen molar-refractivity contribution in [1.82, 2.24) is 10.3 Å². The number of aromatic nitrogens is 1. The Balaban J connectivity index is 1.62. The molecule has 0 radical (unpaired) electrons. The number of aryl methyl sites for hydroxylation is 2. The van der Waals surface area contributed by atoms with E-state index in [-0.39, 0.29) is 5.92 Å². The third-order valence-electron chi connectivity index (χ3n) is 4.95. The zero-order valence-electron chi connectivity index (χ0n) is 16.2. The molecule has 1 aliphatic rings. The van der Waals surface area contributed by atoms with E-state index in [2.05, 4.69) is 23.3 Å². The van der Waals surface area contributed by atoms with E-state index in [4.69, 9.17) is 4.74 Å². The summed E-state index contributed by atoms with van der Waals surface area (Å²) in [7, 11) is 0. The second-order valence-corrected chi connectivity index (χ2v) is 8.20. The molecule has 1 saturated carbocycles. The van der Waals surface area contributed by atoms with Crippen LogP contribution in [-0.4, -0.2) is 29.0 Å². The molecular weight excluding hydrogens is 374 g/mol. The smallest absolute Gasteiger partial charge is 0.350 e. The zero-order chi connectivity index (χ0) is 20.3. The lowest BCUT2D eigenvalue weighted by Crippen LogP contribution is -2.48. The Morgan fingerprint density at radius 3 is 2.61 bits per heavy atom. The van der Waals surface area contributed by atoms with Gasteiger partial charge in [-0.25, -0.2) is 9.78 Å². The first-order valence-electron chi connectivity index (χ1n) is 9.32. The fraction of sp³-hybridized carbons (Fsp3) is 0.429. The Morgan fingerprint density at radius 2 is 2.04 bits per heavy atom. The lowest BCUT2D eigenvalue weighted by atomic mass is 9.98. The minimum Gasteiger partial charge on any atom is -0.451 e. The molecule has 1 amide bonds. The molecule has 0 aliphatic heterocycles. The van der Waals surface area contributed by atoms with Gasteiger partial charge in [0.1, 0.15) is 15.4 Å². The molecule has 1 heterocycles. The maximum absolute atomic E-state index is 12.4. The number of benzene rings is 1. The van der Waals surface area contributed by atoms with Crippen LogP contribution in [0.4, 0.5) is 0 Å². The van der Waals surface area contributed by atoms with E-state index in [1.807, 2.05) is 24.3 Å². The molecule has 0 unspecified atom stereocenters. The molecule has 0 saturated heterocycles. The van der Waals surface area contributed by atoms with Crippen molar-refractivity contribution in [3.63, 3.8) is 0 Å². The summed E-state index contributed by atoms with van der Waals surface area (Å²) in [4.78, 5) is 29.4. The van der Waals surface area contributed by atoms with Crippen molar-refractivity contribution in [1.29, 1.82) is 5.26 Å². The molecule has 28 heavy (non-hydrogen) atoms. The number of esters is 1. The van der Waals surface area contributed by atoms with Crippen molar-refractivity contribution < 1.29 is 14.3 Å². The molecule has 0 spiro atoms. The van der Waals surface area contributed by atoms with Crippen LogP contribution in [0.1, 0.15) is 47.6 Å². The van der Waals surface area contributed by atoms with E-state index in [9.17, 15) is 14.9 Å². The Morgan fingerprint density at radius 1 is 1.36 bits per heavy atom. The van der Waals surface area contributed by atoms with Crippen molar-refractivity contribution in [2.45, 2.75) is 45.6 Å². The van der Waals surface area contributed by atoms with Gasteiger partial charge in [0, 0.05) is 5.56 Å². The van der Waals surface area contributed by atoms with Gasteiger partial charge in [0.25, 0.3) is 5.91 Å². The maximum atomic E-state index is 12.4. The van der Waals surface area contributed by atoms with Gasteiger partial charge >= 0.3 is 5.97 Å². The topological polar surface area (TPSA) is 92.1 Å². The van der Waals surface area contributed by atoms with Crippen molar-refractivity contribution in [3.05, 3.63) is 40.4 Å². The van der Waals surface area contributed by atoms with Crippen LogP contribution in [-0.2, 0) is 16.0 Å². The third-order valence-corrected chi connectivity index (χ3v) is 6.14. The van der Waals surface area contributed by atoms with Gasteiger partial charge < -0.3 is 10.1 Å². The van der Waals surface area contributed by atoms with Gasteiger partial charge in [-0.3, -0.25) is 4.79 Å². The lowest BCUT2D eigenvalue weighted by molar-refractivity contribution is -0.125. The summed E-state index contributed by atoms with van der Waals surface area (Å²) in [5.74, 6) is -0.879. The summed E-state index contributed by atoms with van der Waals surface area (Å²) in [6.07, 6.45) is 2.81. The van der Waals surface area contributed by atoms with Crippen LogP contribution in [0.5, 0.6) is 0 Å². The number of thiazole rings is 1. The summed E-state index contributed by atoms with van der Waals surface area (Å²) in [5.41, 5.74) is 1.85. The molecule has 1 aromatic heterocycles. The molecule has 0 bridgehead atoms. The van der Waals surface area contributed by atoms with Crippen LogP contribution >= 0.6 is 11.3 Å². The van der Waals surface area contributed by atoms with Gasteiger partial charge in [0.15, 0.2) is 6.61 Å². The number of hydrogen-bond donors (Lipinski definition) is 1. The van der Waals surface area contributed by atoms with Gasteiger partial charge in [0.2, 0.25) is 0 Å². The van der Waals surface area contributed by atoms with Gasteiger partial charge in [-0.1, -0.05) is 31.2 Å². The Kier molecular flexibility index (Phi) is 5.80. The second-order valence-electron chi connectivity index (χ2n) is 7.20. The number of rotatable bonds is 7. The summed E-state index contributed by atoms with van der Waals surface area (Å²) in [6.45, 7) is 5.13. The monoisotopic (exact) mass is 397 g/mol. The van der Waals surface area contributed by atoms with E-state index in [0.29, 0.717) is 10.6 Å². The molecule has 1 atom stereocenters. The van der Waals surface area contributed by atoms with Crippen LogP contribution in [0.3, 0.4) is 0 Å². The highest BCUT2D eigenvalue weighted by Crippen LogP contribution is 2.39. The second kappa shape index (κ2) is 8.11. The number of ether oxygens (including phenoxy) is 1. The molecule has 2 aromatic rings. The highest BCUT2D eigenvalue weighted by Gasteiger charge is 2.43. The van der Waals surface area contributed by atoms with Crippen LogP contribution in [0, 0.1) is 24.2 Å². The maximum Gasteiger partial charge on any atom is 0.350 e. The highest BCUT2D eigenvalue weighted by molar-refractivity contribution is 7.17. The molecule has 1 aliphatic carbocycles. The Hall–Kier alpha value is -2.72. The minimum absolute atomic E-state index is 0.169. The number of amides is 1. The van der Waals surface area contributed by atoms with E-state index >= 15 is 0 Å². The van der Waals surface area contributed by atoms with Crippen LogP contribution < -0.4 is 5.32 Å². The van der Waals surface area contributed by atoms with Gasteiger partial charge in [-0.15, -0.1) is 11.3 Å².